The van der Waals surface area contributed by atoms with Crippen molar-refractivity contribution in [3.05, 3.63) is 23.8 Å². The summed E-state index contributed by atoms with van der Waals surface area (Å²) in [5.41, 5.74) is 0.817. The lowest BCUT2D eigenvalue weighted by molar-refractivity contribution is -0.139. The van der Waals surface area contributed by atoms with E-state index >= 15 is 0 Å². The number of anilines is 1. The molecule has 1 fully saturated rings. The lowest BCUT2D eigenvalue weighted by Crippen LogP contribution is -2.50. The highest BCUT2D eigenvalue weighted by molar-refractivity contribution is 5.99. The van der Waals surface area contributed by atoms with Gasteiger partial charge in [-0.2, -0.15) is 0 Å². The molecule has 1 heterocycles. The van der Waals surface area contributed by atoms with Gasteiger partial charge in [0.2, 0.25) is 11.8 Å². The second-order valence-electron chi connectivity index (χ2n) is 9.76. The number of nitrogens with zero attached hydrogens (tertiary/aromatic N) is 2. The summed E-state index contributed by atoms with van der Waals surface area (Å²) in [5, 5.41) is 2.74. The Kier molecular flexibility index (Phi) is 9.51. The third kappa shape index (κ3) is 6.73. The highest BCUT2D eigenvalue weighted by Crippen LogP contribution is 2.30. The van der Waals surface area contributed by atoms with Gasteiger partial charge in [-0.15, -0.1) is 0 Å². The summed E-state index contributed by atoms with van der Waals surface area (Å²) in [5.74, 6) is 0.122. The van der Waals surface area contributed by atoms with Crippen LogP contribution in [0.5, 0.6) is 5.75 Å². The standard InChI is InChI=1S/C26H39N3O6/c1-17-13-29(25(31)19-8-6-7-9-19)18(2)15-35-22-11-10-20(27-24(30)16-33-4)12-21(22)26(32)28(3)14-23(17)34-5/h10-12,17-19,23H,6-9,13-16H2,1-5H3,(H,27,30)/t17-,18+,23+/m1/s1. The van der Waals surface area contributed by atoms with Crippen LogP contribution < -0.4 is 10.1 Å². The maximum Gasteiger partial charge on any atom is 0.257 e. The fraction of sp³-hybridized carbons (Fsp3) is 0.654. The summed E-state index contributed by atoms with van der Waals surface area (Å²) in [6.07, 6.45) is 3.80. The predicted octanol–water partition coefficient (Wildman–Crippen LogP) is 2.79. The van der Waals surface area contributed by atoms with Crippen molar-refractivity contribution < 1.29 is 28.6 Å². The van der Waals surface area contributed by atoms with Gasteiger partial charge in [-0.25, -0.2) is 0 Å². The molecular weight excluding hydrogens is 450 g/mol. The van der Waals surface area contributed by atoms with Gasteiger partial charge in [0.15, 0.2) is 0 Å². The average Bonchev–Trinajstić information content (AvgIpc) is 3.38. The Balaban J connectivity index is 1.92. The summed E-state index contributed by atoms with van der Waals surface area (Å²) in [6, 6.07) is 4.81. The summed E-state index contributed by atoms with van der Waals surface area (Å²) < 4.78 is 16.8. The van der Waals surface area contributed by atoms with Crippen LogP contribution in [0.4, 0.5) is 5.69 Å². The molecule has 0 bridgehead atoms. The number of methoxy groups -OCH3 is 2. The van der Waals surface area contributed by atoms with Crippen LogP contribution in [0.25, 0.3) is 0 Å². The van der Waals surface area contributed by atoms with Crippen LogP contribution in [0.3, 0.4) is 0 Å². The fourth-order valence-electron chi connectivity index (χ4n) is 4.90. The normalized spacial score (nSPS) is 24.3. The first-order chi connectivity index (χ1) is 16.7. The van der Waals surface area contributed by atoms with E-state index in [9.17, 15) is 14.4 Å². The zero-order valence-corrected chi connectivity index (χ0v) is 21.5. The molecule has 35 heavy (non-hydrogen) atoms. The molecule has 2 aliphatic rings. The quantitative estimate of drug-likeness (QED) is 0.683. The van der Waals surface area contributed by atoms with E-state index in [1.165, 1.54) is 7.11 Å². The van der Waals surface area contributed by atoms with E-state index in [1.54, 1.807) is 37.3 Å². The van der Waals surface area contributed by atoms with Crippen molar-refractivity contribution in [1.29, 1.82) is 0 Å². The Bertz CT molecular complexity index is 901. The van der Waals surface area contributed by atoms with E-state index in [2.05, 4.69) is 12.2 Å². The first-order valence-electron chi connectivity index (χ1n) is 12.4. The fourth-order valence-corrected chi connectivity index (χ4v) is 4.90. The minimum Gasteiger partial charge on any atom is -0.491 e. The van der Waals surface area contributed by atoms with Crippen molar-refractivity contribution in [2.45, 2.75) is 51.7 Å². The second-order valence-corrected chi connectivity index (χ2v) is 9.76. The molecule has 9 nitrogen and oxygen atoms in total. The minimum atomic E-state index is -0.315. The molecule has 3 amide bonds. The number of fused-ring (bicyclic) bond motifs is 1. The second kappa shape index (κ2) is 12.4. The van der Waals surface area contributed by atoms with Crippen molar-refractivity contribution in [3.63, 3.8) is 0 Å². The lowest BCUT2D eigenvalue weighted by atomic mass is 9.99. The summed E-state index contributed by atoms with van der Waals surface area (Å²) >= 11 is 0. The van der Waals surface area contributed by atoms with Gasteiger partial charge in [0.05, 0.1) is 17.7 Å². The van der Waals surface area contributed by atoms with Crippen LogP contribution in [0.15, 0.2) is 18.2 Å². The number of likely N-dealkylation sites (N-methyl/N-ethyl adjacent to an activating group) is 1. The molecule has 0 spiro atoms. The maximum atomic E-state index is 13.4. The number of ether oxygens (including phenoxy) is 3. The third-order valence-corrected chi connectivity index (χ3v) is 6.99. The largest absolute Gasteiger partial charge is 0.491 e. The zero-order chi connectivity index (χ0) is 25.5. The van der Waals surface area contributed by atoms with Crippen LogP contribution in [-0.4, -0.2) is 87.2 Å². The van der Waals surface area contributed by atoms with Gasteiger partial charge >= 0.3 is 0 Å². The molecule has 194 valence electrons. The molecule has 1 aliphatic carbocycles. The number of hydrogen-bond donors (Lipinski definition) is 1. The highest BCUT2D eigenvalue weighted by atomic mass is 16.5. The molecule has 1 aromatic carbocycles. The molecule has 1 aliphatic heterocycles. The molecule has 1 N–H and O–H groups in total. The number of carbonyl (C=O) groups excluding carboxylic acids is 3. The van der Waals surface area contributed by atoms with Crippen LogP contribution in [0.1, 0.15) is 49.9 Å². The summed E-state index contributed by atoms with van der Waals surface area (Å²) in [4.78, 5) is 42.4. The number of benzene rings is 1. The first-order valence-corrected chi connectivity index (χ1v) is 12.4. The van der Waals surface area contributed by atoms with Gasteiger partial charge in [-0.3, -0.25) is 14.4 Å². The SMILES string of the molecule is COCC(=O)Nc1ccc2c(c1)C(=O)N(C)C[C@H](OC)[C@H](C)CN(C(=O)C1CCCC1)[C@@H](C)CO2. The Hall–Kier alpha value is -2.65. The van der Waals surface area contributed by atoms with Gasteiger partial charge in [0.25, 0.3) is 5.91 Å². The van der Waals surface area contributed by atoms with E-state index in [1.807, 2.05) is 11.8 Å². The maximum absolute atomic E-state index is 13.4. The third-order valence-electron chi connectivity index (χ3n) is 6.99. The molecule has 3 atom stereocenters. The number of amides is 3. The molecule has 1 saturated carbocycles. The van der Waals surface area contributed by atoms with E-state index in [-0.39, 0.29) is 54.9 Å². The van der Waals surface area contributed by atoms with Gasteiger partial charge < -0.3 is 29.3 Å². The Labute approximate surface area is 208 Å². The smallest absolute Gasteiger partial charge is 0.257 e. The van der Waals surface area contributed by atoms with Gasteiger partial charge in [0.1, 0.15) is 19.0 Å². The highest BCUT2D eigenvalue weighted by Gasteiger charge is 2.34. The van der Waals surface area contributed by atoms with Crippen molar-refractivity contribution in [3.8, 4) is 5.75 Å². The topological polar surface area (TPSA) is 97.4 Å². The van der Waals surface area contributed by atoms with E-state index in [0.717, 1.165) is 25.7 Å². The van der Waals surface area contributed by atoms with Crippen LogP contribution in [0.2, 0.25) is 0 Å². The van der Waals surface area contributed by atoms with Crippen molar-refractivity contribution in [2.75, 3.05) is 52.9 Å². The number of hydrogen-bond acceptors (Lipinski definition) is 6. The van der Waals surface area contributed by atoms with E-state index < -0.39 is 0 Å². The molecule has 1 aromatic rings. The first kappa shape index (κ1) is 26.9. The Morgan fingerprint density at radius 2 is 1.86 bits per heavy atom. The molecule has 0 aromatic heterocycles. The van der Waals surface area contributed by atoms with Crippen LogP contribution >= 0.6 is 0 Å². The number of carbonyl (C=O) groups is 3. The van der Waals surface area contributed by atoms with Crippen molar-refractivity contribution in [2.24, 2.45) is 11.8 Å². The molecule has 0 saturated heterocycles. The molecular formula is C26H39N3O6. The summed E-state index contributed by atoms with van der Waals surface area (Å²) in [7, 11) is 4.80. The van der Waals surface area contributed by atoms with Crippen LogP contribution in [-0.2, 0) is 19.1 Å². The summed E-state index contributed by atoms with van der Waals surface area (Å²) in [6.45, 7) is 5.10. The minimum absolute atomic E-state index is 0.0154. The van der Waals surface area contributed by atoms with Crippen molar-refractivity contribution >= 4 is 23.4 Å². The van der Waals surface area contributed by atoms with Gasteiger partial charge in [-0.05, 0) is 38.0 Å². The Morgan fingerprint density at radius 1 is 1.14 bits per heavy atom. The van der Waals surface area contributed by atoms with Crippen molar-refractivity contribution in [1.82, 2.24) is 9.80 Å². The lowest BCUT2D eigenvalue weighted by Gasteiger charge is -2.37. The van der Waals surface area contributed by atoms with Crippen LogP contribution in [0, 0.1) is 11.8 Å². The number of nitrogens with one attached hydrogen (secondary N) is 1. The Morgan fingerprint density at radius 3 is 2.51 bits per heavy atom. The molecule has 9 heteroatoms. The number of rotatable bonds is 5. The van der Waals surface area contributed by atoms with Gasteiger partial charge in [0, 0.05) is 51.9 Å². The van der Waals surface area contributed by atoms with E-state index in [0.29, 0.717) is 30.1 Å². The van der Waals surface area contributed by atoms with Gasteiger partial charge in [-0.1, -0.05) is 19.8 Å². The monoisotopic (exact) mass is 489 g/mol. The zero-order valence-electron chi connectivity index (χ0n) is 21.5. The molecule has 0 radical (unpaired) electrons. The average molecular weight is 490 g/mol. The molecule has 3 rings (SSSR count). The van der Waals surface area contributed by atoms with E-state index in [4.69, 9.17) is 14.2 Å². The molecule has 0 unspecified atom stereocenters. The predicted molar refractivity (Wildman–Crippen MR) is 132 cm³/mol.